The molecule has 1 aliphatic carbocycles. The maximum Gasteiger partial charge on any atom is 0.315 e. The highest BCUT2D eigenvalue weighted by Crippen LogP contribution is 2.17. The van der Waals surface area contributed by atoms with E-state index in [9.17, 15) is 9.59 Å². The Balaban J connectivity index is 1.77. The van der Waals surface area contributed by atoms with Crippen LogP contribution in [0.2, 0.25) is 0 Å². The topological polar surface area (TPSA) is 61.4 Å². The van der Waals surface area contributed by atoms with Crippen molar-refractivity contribution < 1.29 is 9.59 Å². The summed E-state index contributed by atoms with van der Waals surface area (Å²) in [7, 11) is 3.47. The molecular weight excluding hydrogens is 302 g/mol. The van der Waals surface area contributed by atoms with Gasteiger partial charge in [0.15, 0.2) is 0 Å². The minimum atomic E-state index is -0.103. The first-order chi connectivity index (χ1) is 11.6. The molecule has 0 unspecified atom stereocenters. The number of urea groups is 1. The van der Waals surface area contributed by atoms with Crippen LogP contribution >= 0.6 is 0 Å². The van der Waals surface area contributed by atoms with E-state index in [0.29, 0.717) is 18.2 Å². The van der Waals surface area contributed by atoms with Gasteiger partial charge in [0.25, 0.3) is 5.91 Å². The van der Waals surface area contributed by atoms with Gasteiger partial charge in [0.1, 0.15) is 0 Å². The molecule has 1 fully saturated rings. The molecule has 0 saturated heterocycles. The number of nitrogens with zero attached hydrogens (tertiary/aromatic N) is 1. The lowest BCUT2D eigenvalue weighted by Gasteiger charge is -2.21. The molecule has 132 valence electrons. The van der Waals surface area contributed by atoms with E-state index in [-0.39, 0.29) is 11.9 Å². The first-order valence-corrected chi connectivity index (χ1v) is 8.91. The van der Waals surface area contributed by atoms with Crippen LogP contribution in [0, 0.1) is 0 Å². The molecule has 0 atom stereocenters. The van der Waals surface area contributed by atoms with Crippen LogP contribution < -0.4 is 10.6 Å². The highest BCUT2D eigenvalue weighted by atomic mass is 16.2. The third-order valence-corrected chi connectivity index (χ3v) is 4.50. The molecule has 5 nitrogen and oxygen atoms in total. The van der Waals surface area contributed by atoms with Gasteiger partial charge in [0.05, 0.1) is 0 Å². The fourth-order valence-electron chi connectivity index (χ4n) is 3.04. The third-order valence-electron chi connectivity index (χ3n) is 4.50. The molecule has 1 saturated carbocycles. The average molecular weight is 331 g/mol. The molecule has 1 aromatic rings. The van der Waals surface area contributed by atoms with Gasteiger partial charge in [0, 0.05) is 32.2 Å². The lowest BCUT2D eigenvalue weighted by Crippen LogP contribution is -2.42. The lowest BCUT2D eigenvalue weighted by atomic mass is 9.97. The smallest absolute Gasteiger partial charge is 0.315 e. The van der Waals surface area contributed by atoms with E-state index in [4.69, 9.17) is 0 Å². The van der Waals surface area contributed by atoms with E-state index in [1.807, 2.05) is 12.1 Å². The van der Waals surface area contributed by atoms with E-state index in [0.717, 1.165) is 18.4 Å². The van der Waals surface area contributed by atoms with Gasteiger partial charge in [-0.25, -0.2) is 4.79 Å². The quantitative estimate of drug-likeness (QED) is 0.889. The van der Waals surface area contributed by atoms with E-state index in [2.05, 4.69) is 10.6 Å². The van der Waals surface area contributed by atoms with Crippen LogP contribution in [0.5, 0.6) is 0 Å². The van der Waals surface area contributed by atoms with E-state index >= 15 is 0 Å². The van der Waals surface area contributed by atoms with Crippen molar-refractivity contribution in [2.45, 2.75) is 57.5 Å². The molecule has 5 heteroatoms. The van der Waals surface area contributed by atoms with Crippen molar-refractivity contribution in [3.05, 3.63) is 35.4 Å². The van der Waals surface area contributed by atoms with Crippen molar-refractivity contribution in [2.24, 2.45) is 0 Å². The summed E-state index contributed by atoms with van der Waals surface area (Å²) in [5.74, 6) is -0.0171. The number of hydrogen-bond acceptors (Lipinski definition) is 2. The summed E-state index contributed by atoms with van der Waals surface area (Å²) in [6, 6.07) is 7.55. The Labute approximate surface area is 144 Å². The molecule has 1 aliphatic rings. The normalized spacial score (nSPS) is 15.9. The molecule has 2 N–H and O–H groups in total. The SMILES string of the molecule is CN(C)C(=O)c1ccc(CNC(=O)NC2CCCCCCC2)cc1. The zero-order valence-electron chi connectivity index (χ0n) is 14.8. The summed E-state index contributed by atoms with van der Waals surface area (Å²) in [5.41, 5.74) is 1.64. The van der Waals surface area contributed by atoms with Crippen LogP contribution in [-0.2, 0) is 6.54 Å². The van der Waals surface area contributed by atoms with Gasteiger partial charge in [-0.1, -0.05) is 44.2 Å². The zero-order chi connectivity index (χ0) is 17.4. The highest BCUT2D eigenvalue weighted by Gasteiger charge is 2.13. The minimum absolute atomic E-state index is 0.0171. The number of benzene rings is 1. The van der Waals surface area contributed by atoms with Crippen molar-refractivity contribution in [1.29, 1.82) is 0 Å². The van der Waals surface area contributed by atoms with Crippen molar-refractivity contribution in [3.63, 3.8) is 0 Å². The Hall–Kier alpha value is -2.04. The Morgan fingerprint density at radius 1 is 1.00 bits per heavy atom. The Morgan fingerprint density at radius 3 is 2.17 bits per heavy atom. The zero-order valence-corrected chi connectivity index (χ0v) is 14.8. The van der Waals surface area contributed by atoms with Gasteiger partial charge >= 0.3 is 6.03 Å². The van der Waals surface area contributed by atoms with Crippen molar-refractivity contribution in [1.82, 2.24) is 15.5 Å². The first-order valence-electron chi connectivity index (χ1n) is 8.91. The van der Waals surface area contributed by atoms with E-state index in [1.165, 1.54) is 32.1 Å². The summed E-state index contributed by atoms with van der Waals surface area (Å²) in [4.78, 5) is 25.5. The number of carbonyl (C=O) groups is 2. The maximum absolute atomic E-state index is 12.1. The average Bonchev–Trinajstić information content (AvgIpc) is 2.55. The fourth-order valence-corrected chi connectivity index (χ4v) is 3.04. The standard InChI is InChI=1S/C19H29N3O2/c1-22(2)18(23)16-12-10-15(11-13-16)14-20-19(24)21-17-8-6-4-3-5-7-9-17/h10-13,17H,3-9,14H2,1-2H3,(H2,20,21,24). The predicted octanol–water partition coefficient (Wildman–Crippen LogP) is 3.30. The van der Waals surface area contributed by atoms with E-state index in [1.54, 1.807) is 31.1 Å². The molecule has 0 spiro atoms. The number of carbonyl (C=O) groups excluding carboxylic acids is 2. The summed E-state index contributed by atoms with van der Waals surface area (Å²) in [6.45, 7) is 0.467. The van der Waals surface area contributed by atoms with Crippen LogP contribution in [0.4, 0.5) is 4.79 Å². The van der Waals surface area contributed by atoms with Crippen LogP contribution in [0.25, 0.3) is 0 Å². The number of nitrogens with one attached hydrogen (secondary N) is 2. The van der Waals surface area contributed by atoms with Gasteiger partial charge in [-0.2, -0.15) is 0 Å². The molecule has 0 bridgehead atoms. The van der Waals surface area contributed by atoms with Gasteiger partial charge in [-0.05, 0) is 30.5 Å². The summed E-state index contributed by atoms with van der Waals surface area (Å²) in [5, 5.41) is 6.00. The maximum atomic E-state index is 12.1. The predicted molar refractivity (Wildman–Crippen MR) is 95.9 cm³/mol. The molecule has 0 heterocycles. The number of amides is 3. The molecule has 3 amide bonds. The summed E-state index contributed by atoms with van der Waals surface area (Å²) in [6.07, 6.45) is 8.43. The van der Waals surface area contributed by atoms with Crippen LogP contribution in [-0.4, -0.2) is 37.0 Å². The Bertz CT molecular complexity index is 532. The molecular formula is C19H29N3O2. The largest absolute Gasteiger partial charge is 0.345 e. The van der Waals surface area contributed by atoms with Gasteiger partial charge in [0.2, 0.25) is 0 Å². The first kappa shape index (κ1) is 18.3. The van der Waals surface area contributed by atoms with E-state index < -0.39 is 0 Å². The molecule has 1 aromatic carbocycles. The fraction of sp³-hybridized carbons (Fsp3) is 0.579. The Morgan fingerprint density at radius 2 is 1.58 bits per heavy atom. The summed E-state index contributed by atoms with van der Waals surface area (Å²) < 4.78 is 0. The van der Waals surface area contributed by atoms with Crippen LogP contribution in [0.1, 0.15) is 60.9 Å². The molecule has 0 radical (unpaired) electrons. The molecule has 2 rings (SSSR count). The second kappa shape index (κ2) is 9.30. The number of hydrogen-bond donors (Lipinski definition) is 2. The van der Waals surface area contributed by atoms with Gasteiger partial charge in [-0.15, -0.1) is 0 Å². The third kappa shape index (κ3) is 5.87. The molecule has 0 aliphatic heterocycles. The molecule has 24 heavy (non-hydrogen) atoms. The van der Waals surface area contributed by atoms with Crippen molar-refractivity contribution >= 4 is 11.9 Å². The Kier molecular flexibility index (Phi) is 7.09. The van der Waals surface area contributed by atoms with Crippen molar-refractivity contribution in [2.75, 3.05) is 14.1 Å². The van der Waals surface area contributed by atoms with Crippen molar-refractivity contribution in [3.8, 4) is 0 Å². The minimum Gasteiger partial charge on any atom is -0.345 e. The lowest BCUT2D eigenvalue weighted by molar-refractivity contribution is 0.0827. The second-order valence-electron chi connectivity index (χ2n) is 6.77. The highest BCUT2D eigenvalue weighted by molar-refractivity contribution is 5.93. The second-order valence-corrected chi connectivity index (χ2v) is 6.77. The van der Waals surface area contributed by atoms with Gasteiger partial charge in [-0.3, -0.25) is 4.79 Å². The van der Waals surface area contributed by atoms with Crippen LogP contribution in [0.15, 0.2) is 24.3 Å². The monoisotopic (exact) mass is 331 g/mol. The number of rotatable bonds is 4. The molecule has 0 aromatic heterocycles. The van der Waals surface area contributed by atoms with Gasteiger partial charge < -0.3 is 15.5 Å². The van der Waals surface area contributed by atoms with Crippen LogP contribution in [0.3, 0.4) is 0 Å². The summed E-state index contributed by atoms with van der Waals surface area (Å²) >= 11 is 0.